The number of nitrogens with zero attached hydrogens (tertiary/aromatic N) is 3. The minimum Gasteiger partial charge on any atom is -0.467 e. The van der Waals surface area contributed by atoms with Crippen LogP contribution in [0.5, 0.6) is 0 Å². The second kappa shape index (κ2) is 10.1. The van der Waals surface area contributed by atoms with Crippen molar-refractivity contribution in [2.75, 3.05) is 16.5 Å². The standard InChI is InChI=1S/C26H26N4O4S/c1-18-11-12-19(2)22(14-18)28-25(31)24-23(15-27-26(29-24)35(3,32)33)30(17-21-10-7-13-34-21)16-20-8-5-4-6-9-20/h4-15H,16-17H2,1-3H3,(H,28,31). The molecular weight excluding hydrogens is 464 g/mol. The van der Waals surface area contributed by atoms with Gasteiger partial charge in [0.2, 0.25) is 15.0 Å². The number of furan rings is 1. The van der Waals surface area contributed by atoms with Crippen LogP contribution in [0.4, 0.5) is 11.4 Å². The van der Waals surface area contributed by atoms with E-state index in [-0.39, 0.29) is 5.69 Å². The van der Waals surface area contributed by atoms with Gasteiger partial charge in [-0.3, -0.25) is 4.79 Å². The Bertz CT molecular complexity index is 1440. The van der Waals surface area contributed by atoms with Gasteiger partial charge >= 0.3 is 0 Å². The van der Waals surface area contributed by atoms with Crippen LogP contribution >= 0.6 is 0 Å². The number of nitrogens with one attached hydrogen (secondary N) is 1. The van der Waals surface area contributed by atoms with E-state index >= 15 is 0 Å². The van der Waals surface area contributed by atoms with E-state index in [0.717, 1.165) is 22.9 Å². The summed E-state index contributed by atoms with van der Waals surface area (Å²) in [5.41, 5.74) is 3.83. The molecule has 0 spiro atoms. The van der Waals surface area contributed by atoms with Crippen molar-refractivity contribution < 1.29 is 17.6 Å². The highest BCUT2D eigenvalue weighted by molar-refractivity contribution is 7.90. The van der Waals surface area contributed by atoms with E-state index in [2.05, 4.69) is 15.3 Å². The Morgan fingerprint density at radius 1 is 1.03 bits per heavy atom. The molecule has 1 amide bonds. The number of sulfone groups is 1. The van der Waals surface area contributed by atoms with Crippen LogP contribution in [0.2, 0.25) is 0 Å². The number of hydrogen-bond acceptors (Lipinski definition) is 7. The average molecular weight is 491 g/mol. The molecular formula is C26H26N4O4S. The zero-order valence-electron chi connectivity index (χ0n) is 19.7. The summed E-state index contributed by atoms with van der Waals surface area (Å²) in [6, 6.07) is 19.1. The Morgan fingerprint density at radius 2 is 1.80 bits per heavy atom. The topological polar surface area (TPSA) is 105 Å². The Balaban J connectivity index is 1.80. The normalized spacial score (nSPS) is 11.3. The van der Waals surface area contributed by atoms with Crippen LogP contribution in [0.15, 0.2) is 82.7 Å². The van der Waals surface area contributed by atoms with Gasteiger partial charge in [0, 0.05) is 18.5 Å². The zero-order valence-corrected chi connectivity index (χ0v) is 20.5. The van der Waals surface area contributed by atoms with Gasteiger partial charge in [-0.1, -0.05) is 42.5 Å². The van der Waals surface area contributed by atoms with E-state index in [0.29, 0.717) is 30.2 Å². The highest BCUT2D eigenvalue weighted by Crippen LogP contribution is 2.26. The van der Waals surface area contributed by atoms with Gasteiger partial charge in [-0.15, -0.1) is 0 Å². The lowest BCUT2D eigenvalue weighted by Gasteiger charge is -2.25. The highest BCUT2D eigenvalue weighted by Gasteiger charge is 2.24. The van der Waals surface area contributed by atoms with Gasteiger partial charge in [-0.25, -0.2) is 18.4 Å². The summed E-state index contributed by atoms with van der Waals surface area (Å²) in [6.45, 7) is 4.56. The summed E-state index contributed by atoms with van der Waals surface area (Å²) >= 11 is 0. The lowest BCUT2D eigenvalue weighted by Crippen LogP contribution is -2.27. The SMILES string of the molecule is Cc1ccc(C)c(NC(=O)c2nc(S(C)(=O)=O)ncc2N(Cc2ccccc2)Cc2ccco2)c1. The monoisotopic (exact) mass is 490 g/mol. The molecule has 0 saturated heterocycles. The number of carbonyl (C=O) groups excluding carboxylic acids is 1. The third-order valence-electron chi connectivity index (χ3n) is 5.42. The number of benzene rings is 2. The molecule has 0 radical (unpaired) electrons. The molecule has 8 nitrogen and oxygen atoms in total. The predicted octanol–water partition coefficient (Wildman–Crippen LogP) is 4.55. The summed E-state index contributed by atoms with van der Waals surface area (Å²) in [5.74, 6) is 0.146. The van der Waals surface area contributed by atoms with E-state index in [1.54, 1.807) is 12.3 Å². The number of aryl methyl sites for hydroxylation is 2. The molecule has 2 heterocycles. The molecule has 0 saturated carbocycles. The fourth-order valence-corrected chi connectivity index (χ4v) is 4.11. The molecule has 0 aliphatic heterocycles. The summed E-state index contributed by atoms with van der Waals surface area (Å²) in [5, 5.41) is 2.48. The van der Waals surface area contributed by atoms with Crippen molar-refractivity contribution in [1.29, 1.82) is 0 Å². The van der Waals surface area contributed by atoms with Crippen LogP contribution in [0.25, 0.3) is 0 Å². The largest absolute Gasteiger partial charge is 0.467 e. The van der Waals surface area contributed by atoms with Crippen molar-refractivity contribution in [2.45, 2.75) is 32.1 Å². The molecule has 0 aliphatic rings. The molecule has 9 heteroatoms. The first-order chi connectivity index (χ1) is 16.7. The number of aromatic nitrogens is 2. The van der Waals surface area contributed by atoms with Gasteiger partial charge in [0.05, 0.1) is 24.7 Å². The Morgan fingerprint density at radius 3 is 2.49 bits per heavy atom. The van der Waals surface area contributed by atoms with Crippen LogP contribution < -0.4 is 10.2 Å². The number of hydrogen-bond donors (Lipinski definition) is 1. The molecule has 2 aromatic heterocycles. The fraction of sp³-hybridized carbons (Fsp3) is 0.192. The molecule has 4 aromatic rings. The molecule has 0 bridgehead atoms. The van der Waals surface area contributed by atoms with E-state index in [1.807, 2.05) is 73.3 Å². The molecule has 180 valence electrons. The van der Waals surface area contributed by atoms with Crippen LogP contribution in [-0.4, -0.2) is 30.5 Å². The summed E-state index contributed by atoms with van der Waals surface area (Å²) in [4.78, 5) is 23.7. The maximum atomic E-state index is 13.5. The molecule has 4 rings (SSSR count). The van der Waals surface area contributed by atoms with Gasteiger partial charge in [-0.2, -0.15) is 0 Å². The third kappa shape index (κ3) is 5.93. The highest BCUT2D eigenvalue weighted by atomic mass is 32.2. The van der Waals surface area contributed by atoms with Gasteiger partial charge in [-0.05, 0) is 48.7 Å². The number of anilines is 2. The predicted molar refractivity (Wildman–Crippen MR) is 134 cm³/mol. The second-order valence-electron chi connectivity index (χ2n) is 8.35. The summed E-state index contributed by atoms with van der Waals surface area (Å²) in [6.07, 6.45) is 3.97. The van der Waals surface area contributed by atoms with Crippen LogP contribution in [0.3, 0.4) is 0 Å². The lowest BCUT2D eigenvalue weighted by molar-refractivity contribution is 0.102. The summed E-state index contributed by atoms with van der Waals surface area (Å²) < 4.78 is 30.0. The Kier molecular flexibility index (Phi) is 6.97. The maximum Gasteiger partial charge on any atom is 0.276 e. The first-order valence-corrected chi connectivity index (χ1v) is 12.9. The average Bonchev–Trinajstić information content (AvgIpc) is 3.34. The van der Waals surface area contributed by atoms with Crippen molar-refractivity contribution in [3.8, 4) is 0 Å². The smallest absolute Gasteiger partial charge is 0.276 e. The molecule has 0 unspecified atom stereocenters. The molecule has 0 atom stereocenters. The molecule has 0 aliphatic carbocycles. The van der Waals surface area contributed by atoms with E-state index in [9.17, 15) is 13.2 Å². The van der Waals surface area contributed by atoms with Gasteiger partial charge in [0.1, 0.15) is 5.76 Å². The molecule has 1 N–H and O–H groups in total. The van der Waals surface area contributed by atoms with Crippen LogP contribution in [-0.2, 0) is 22.9 Å². The zero-order chi connectivity index (χ0) is 25.0. The lowest BCUT2D eigenvalue weighted by atomic mass is 10.1. The number of amides is 1. The Hall–Kier alpha value is -3.98. The van der Waals surface area contributed by atoms with Gasteiger partial charge in [0.15, 0.2) is 5.69 Å². The van der Waals surface area contributed by atoms with Crippen molar-refractivity contribution in [3.63, 3.8) is 0 Å². The minimum atomic E-state index is -3.74. The second-order valence-corrected chi connectivity index (χ2v) is 10.3. The van der Waals surface area contributed by atoms with E-state index in [4.69, 9.17) is 4.42 Å². The molecule has 0 fully saturated rings. The summed E-state index contributed by atoms with van der Waals surface area (Å²) in [7, 11) is -3.74. The van der Waals surface area contributed by atoms with E-state index < -0.39 is 20.9 Å². The minimum absolute atomic E-state index is 0.0381. The van der Waals surface area contributed by atoms with Crippen molar-refractivity contribution in [3.05, 3.63) is 101 Å². The number of rotatable bonds is 8. The van der Waals surface area contributed by atoms with Gasteiger partial charge < -0.3 is 14.6 Å². The first kappa shape index (κ1) is 24.2. The van der Waals surface area contributed by atoms with Gasteiger partial charge in [0.25, 0.3) is 5.91 Å². The van der Waals surface area contributed by atoms with Crippen molar-refractivity contribution in [1.82, 2.24) is 9.97 Å². The third-order valence-corrected chi connectivity index (χ3v) is 6.28. The van der Waals surface area contributed by atoms with Crippen molar-refractivity contribution in [2.24, 2.45) is 0 Å². The Labute approximate surface area is 204 Å². The maximum absolute atomic E-state index is 13.5. The number of carbonyl (C=O) groups is 1. The first-order valence-electron chi connectivity index (χ1n) is 11.0. The molecule has 35 heavy (non-hydrogen) atoms. The fourth-order valence-electron chi connectivity index (χ4n) is 3.61. The van der Waals surface area contributed by atoms with Crippen LogP contribution in [0, 0.1) is 13.8 Å². The van der Waals surface area contributed by atoms with Crippen LogP contribution in [0.1, 0.15) is 32.9 Å². The van der Waals surface area contributed by atoms with E-state index in [1.165, 1.54) is 6.20 Å². The quantitative estimate of drug-likeness (QED) is 0.361. The molecule has 2 aromatic carbocycles. The van der Waals surface area contributed by atoms with Crippen molar-refractivity contribution >= 4 is 27.1 Å².